The molecule has 1 atom stereocenters. The predicted molar refractivity (Wildman–Crippen MR) is 86.5 cm³/mol. The van der Waals surface area contributed by atoms with E-state index in [1.807, 2.05) is 0 Å². The van der Waals surface area contributed by atoms with Gasteiger partial charge in [0.1, 0.15) is 0 Å². The van der Waals surface area contributed by atoms with E-state index in [4.69, 9.17) is 9.47 Å². The van der Waals surface area contributed by atoms with E-state index in [2.05, 4.69) is 4.72 Å². The number of nitrogens with one attached hydrogen (secondary N) is 1. The lowest BCUT2D eigenvalue weighted by molar-refractivity contribution is 0.0702. The summed E-state index contributed by atoms with van der Waals surface area (Å²) in [7, 11) is -0.236. The number of likely N-dealkylation sites (tertiary alicyclic amines) is 1. The first kappa shape index (κ1) is 17.6. The van der Waals surface area contributed by atoms with Gasteiger partial charge in [-0.05, 0) is 31.0 Å². The zero-order valence-electron chi connectivity index (χ0n) is 13.5. The number of carbonyl (C=O) groups excluding carboxylic acids is 1. The van der Waals surface area contributed by atoms with Crippen molar-refractivity contribution in [2.75, 3.05) is 33.6 Å². The number of hydrogen-bond donors (Lipinski definition) is 1. The maximum absolute atomic E-state index is 12.6. The predicted octanol–water partition coefficient (Wildman–Crippen LogP) is 0.858. The Morgan fingerprint density at radius 2 is 1.96 bits per heavy atom. The minimum absolute atomic E-state index is 0.147. The van der Waals surface area contributed by atoms with Crippen molar-refractivity contribution < 1.29 is 22.7 Å². The van der Waals surface area contributed by atoms with E-state index in [-0.39, 0.29) is 11.9 Å². The molecule has 0 radical (unpaired) electrons. The third-order valence-electron chi connectivity index (χ3n) is 3.72. The van der Waals surface area contributed by atoms with E-state index in [1.165, 1.54) is 14.2 Å². The molecule has 23 heavy (non-hydrogen) atoms. The van der Waals surface area contributed by atoms with Gasteiger partial charge in [0.25, 0.3) is 5.91 Å². The average molecular weight is 342 g/mol. The van der Waals surface area contributed by atoms with Crippen molar-refractivity contribution in [1.82, 2.24) is 9.62 Å². The highest BCUT2D eigenvalue weighted by Crippen LogP contribution is 2.28. The highest BCUT2D eigenvalue weighted by Gasteiger charge is 2.26. The molecule has 128 valence electrons. The van der Waals surface area contributed by atoms with Gasteiger partial charge in [-0.2, -0.15) is 0 Å². The third kappa shape index (κ3) is 4.59. The van der Waals surface area contributed by atoms with Crippen LogP contribution in [0.5, 0.6) is 11.5 Å². The minimum Gasteiger partial charge on any atom is -0.493 e. The second-order valence-corrected chi connectivity index (χ2v) is 7.33. The number of amides is 1. The number of hydrogen-bond acceptors (Lipinski definition) is 5. The summed E-state index contributed by atoms with van der Waals surface area (Å²) in [6, 6.07) is 4.75. The molecular weight excluding hydrogens is 320 g/mol. The maximum Gasteiger partial charge on any atom is 0.254 e. The second-order valence-electron chi connectivity index (χ2n) is 5.55. The number of methoxy groups -OCH3 is 2. The van der Waals surface area contributed by atoms with Crippen LogP contribution in [0.3, 0.4) is 0 Å². The van der Waals surface area contributed by atoms with Gasteiger partial charge < -0.3 is 14.4 Å². The fourth-order valence-electron chi connectivity index (χ4n) is 2.71. The van der Waals surface area contributed by atoms with Gasteiger partial charge in [-0.3, -0.25) is 4.79 Å². The molecule has 1 aromatic carbocycles. The Kier molecular flexibility index (Phi) is 5.48. The summed E-state index contributed by atoms with van der Waals surface area (Å²) in [5.41, 5.74) is 0.489. The van der Waals surface area contributed by atoms with Crippen molar-refractivity contribution in [2.24, 2.45) is 0 Å². The molecule has 1 aromatic rings. The van der Waals surface area contributed by atoms with Gasteiger partial charge in [0, 0.05) is 24.7 Å². The molecule has 0 aromatic heterocycles. The largest absolute Gasteiger partial charge is 0.493 e. The van der Waals surface area contributed by atoms with Crippen LogP contribution in [-0.4, -0.2) is 58.8 Å². The number of benzene rings is 1. The van der Waals surface area contributed by atoms with E-state index in [9.17, 15) is 13.2 Å². The summed E-state index contributed by atoms with van der Waals surface area (Å²) in [5, 5.41) is 0. The number of rotatable bonds is 5. The molecule has 1 amide bonds. The van der Waals surface area contributed by atoms with Gasteiger partial charge in [0.2, 0.25) is 10.0 Å². The van der Waals surface area contributed by atoms with Crippen molar-refractivity contribution >= 4 is 15.9 Å². The highest BCUT2D eigenvalue weighted by atomic mass is 32.2. The quantitative estimate of drug-likeness (QED) is 0.858. The molecule has 8 heteroatoms. The zero-order chi connectivity index (χ0) is 17.0. The van der Waals surface area contributed by atoms with Gasteiger partial charge in [-0.1, -0.05) is 0 Å². The Bertz CT molecular complexity index is 674. The first-order chi connectivity index (χ1) is 10.8. The molecule has 1 aliphatic heterocycles. The summed E-state index contributed by atoms with van der Waals surface area (Å²) >= 11 is 0. The Balaban J connectivity index is 2.13. The van der Waals surface area contributed by atoms with E-state index < -0.39 is 10.0 Å². The molecule has 2 rings (SSSR count). The van der Waals surface area contributed by atoms with Gasteiger partial charge in [-0.25, -0.2) is 13.1 Å². The molecule has 1 saturated heterocycles. The van der Waals surface area contributed by atoms with E-state index >= 15 is 0 Å². The van der Waals surface area contributed by atoms with Crippen molar-refractivity contribution in [3.8, 4) is 11.5 Å². The molecule has 0 aliphatic carbocycles. The Morgan fingerprint density at radius 1 is 1.26 bits per heavy atom. The Labute approximate surface area is 136 Å². The van der Waals surface area contributed by atoms with Crippen LogP contribution in [0.15, 0.2) is 18.2 Å². The molecular formula is C15H22N2O5S. The minimum atomic E-state index is -3.28. The van der Waals surface area contributed by atoms with Crippen LogP contribution in [-0.2, 0) is 10.0 Å². The first-order valence-corrected chi connectivity index (χ1v) is 9.22. The topological polar surface area (TPSA) is 84.9 Å². The van der Waals surface area contributed by atoms with Gasteiger partial charge in [-0.15, -0.1) is 0 Å². The molecule has 0 saturated carbocycles. The van der Waals surface area contributed by atoms with Crippen molar-refractivity contribution in [2.45, 2.75) is 18.9 Å². The summed E-state index contributed by atoms with van der Waals surface area (Å²) in [5.74, 6) is 0.895. The van der Waals surface area contributed by atoms with Gasteiger partial charge >= 0.3 is 0 Å². The summed E-state index contributed by atoms with van der Waals surface area (Å²) in [4.78, 5) is 14.3. The summed E-state index contributed by atoms with van der Waals surface area (Å²) < 4.78 is 35.7. The standard InChI is InChI=1S/C15H22N2O5S/c1-21-13-7-6-11(9-14(13)22-2)15(18)17-8-4-5-12(10-17)16-23(3,19)20/h6-7,9,12,16H,4-5,8,10H2,1-3H3/t12-/m1/s1. The fourth-order valence-corrected chi connectivity index (χ4v) is 3.51. The zero-order valence-corrected chi connectivity index (χ0v) is 14.4. The van der Waals surface area contributed by atoms with Crippen LogP contribution in [0.4, 0.5) is 0 Å². The van der Waals surface area contributed by atoms with Crippen LogP contribution in [0.2, 0.25) is 0 Å². The first-order valence-electron chi connectivity index (χ1n) is 7.32. The molecule has 0 unspecified atom stereocenters. The number of carbonyl (C=O) groups is 1. The summed E-state index contributed by atoms with van der Waals surface area (Å²) in [6.45, 7) is 0.968. The van der Waals surface area contributed by atoms with Crippen molar-refractivity contribution in [1.29, 1.82) is 0 Å². The lowest BCUT2D eigenvalue weighted by atomic mass is 10.1. The van der Waals surface area contributed by atoms with E-state index in [0.29, 0.717) is 30.2 Å². The second kappa shape index (κ2) is 7.18. The van der Waals surface area contributed by atoms with Crippen LogP contribution in [0, 0.1) is 0 Å². The Morgan fingerprint density at radius 3 is 2.57 bits per heavy atom. The number of sulfonamides is 1. The van der Waals surface area contributed by atoms with Crippen LogP contribution >= 0.6 is 0 Å². The lowest BCUT2D eigenvalue weighted by Crippen LogP contribution is -2.49. The molecule has 1 heterocycles. The average Bonchev–Trinajstić information content (AvgIpc) is 2.52. The Hall–Kier alpha value is -1.80. The summed E-state index contributed by atoms with van der Waals surface area (Å²) in [6.07, 6.45) is 2.61. The van der Waals surface area contributed by atoms with Crippen molar-refractivity contribution in [3.63, 3.8) is 0 Å². The normalized spacial score (nSPS) is 18.6. The van der Waals surface area contributed by atoms with Gasteiger partial charge in [0.05, 0.1) is 20.5 Å². The van der Waals surface area contributed by atoms with Crippen LogP contribution < -0.4 is 14.2 Å². The molecule has 1 fully saturated rings. The van der Waals surface area contributed by atoms with E-state index in [0.717, 1.165) is 19.1 Å². The molecule has 1 N–H and O–H groups in total. The molecule has 0 spiro atoms. The monoisotopic (exact) mass is 342 g/mol. The number of piperidine rings is 1. The fraction of sp³-hybridized carbons (Fsp3) is 0.533. The van der Waals surface area contributed by atoms with Crippen LogP contribution in [0.1, 0.15) is 23.2 Å². The smallest absolute Gasteiger partial charge is 0.254 e. The van der Waals surface area contributed by atoms with E-state index in [1.54, 1.807) is 23.1 Å². The molecule has 0 bridgehead atoms. The van der Waals surface area contributed by atoms with Crippen LogP contribution in [0.25, 0.3) is 0 Å². The van der Waals surface area contributed by atoms with Gasteiger partial charge in [0.15, 0.2) is 11.5 Å². The molecule has 1 aliphatic rings. The lowest BCUT2D eigenvalue weighted by Gasteiger charge is -2.32. The number of nitrogens with zero attached hydrogens (tertiary/aromatic N) is 1. The van der Waals surface area contributed by atoms with Crippen molar-refractivity contribution in [3.05, 3.63) is 23.8 Å². The number of ether oxygens (including phenoxy) is 2. The SMILES string of the molecule is COc1ccc(C(=O)N2CCC[C@@H](NS(C)(=O)=O)C2)cc1OC. The maximum atomic E-state index is 12.6. The highest BCUT2D eigenvalue weighted by molar-refractivity contribution is 7.88. The molecule has 7 nitrogen and oxygen atoms in total. The third-order valence-corrected chi connectivity index (χ3v) is 4.48.